The zero-order chi connectivity index (χ0) is 25.4. The van der Waals surface area contributed by atoms with Gasteiger partial charge in [-0.3, -0.25) is 4.79 Å². The van der Waals surface area contributed by atoms with Gasteiger partial charge in [0.25, 0.3) is 0 Å². The smallest absolute Gasteiger partial charge is 0.247 e. The van der Waals surface area contributed by atoms with Crippen molar-refractivity contribution in [3.05, 3.63) is 68.6 Å². The predicted octanol–water partition coefficient (Wildman–Crippen LogP) is 1.68. The molecule has 0 aliphatic heterocycles. The van der Waals surface area contributed by atoms with Crippen LogP contribution >= 0.6 is 22.6 Å². The number of rotatable bonds is 11. The van der Waals surface area contributed by atoms with Crippen LogP contribution in [0.4, 0.5) is 4.39 Å². The van der Waals surface area contributed by atoms with E-state index in [4.69, 9.17) is 14.6 Å². The van der Waals surface area contributed by atoms with E-state index in [1.165, 1.54) is 19.2 Å². The first-order chi connectivity index (χ1) is 16.9. The molecule has 0 aromatic heterocycles. The summed E-state index contributed by atoms with van der Waals surface area (Å²) in [6.45, 7) is 0.209. The van der Waals surface area contributed by atoms with Crippen molar-refractivity contribution in [3.8, 4) is 11.5 Å². The second-order valence-electron chi connectivity index (χ2n) is 8.16. The highest BCUT2D eigenvalue weighted by atomic mass is 127. The fourth-order valence-electron chi connectivity index (χ4n) is 3.91. The van der Waals surface area contributed by atoms with Gasteiger partial charge in [-0.15, -0.1) is 0 Å². The number of halogens is 2. The number of amides is 1. The van der Waals surface area contributed by atoms with E-state index in [-0.39, 0.29) is 37.9 Å². The van der Waals surface area contributed by atoms with Crippen LogP contribution in [0.3, 0.4) is 0 Å². The molecule has 0 radical (unpaired) electrons. The number of methoxy groups -OCH3 is 1. The summed E-state index contributed by atoms with van der Waals surface area (Å²) in [5, 5.41) is 35.6. The Morgan fingerprint density at radius 1 is 1.20 bits per heavy atom. The van der Waals surface area contributed by atoms with Crippen LogP contribution in [0.2, 0.25) is 0 Å². The quantitative estimate of drug-likeness (QED) is 0.249. The van der Waals surface area contributed by atoms with E-state index in [0.29, 0.717) is 39.2 Å². The number of ether oxygens (including phenoxy) is 2. The lowest BCUT2D eigenvalue weighted by molar-refractivity contribution is -0.118. The zero-order valence-corrected chi connectivity index (χ0v) is 21.5. The molecule has 0 saturated carbocycles. The van der Waals surface area contributed by atoms with Crippen LogP contribution in [-0.2, 0) is 17.8 Å². The van der Waals surface area contributed by atoms with Gasteiger partial charge in [-0.1, -0.05) is 12.1 Å². The van der Waals surface area contributed by atoms with Crippen LogP contribution in [-0.4, -0.2) is 66.3 Å². The minimum Gasteiger partial charge on any atom is -0.493 e. The number of aliphatic hydroxyl groups excluding tert-OH is 3. The van der Waals surface area contributed by atoms with E-state index in [0.717, 1.165) is 5.56 Å². The fraction of sp³-hybridized carbons (Fsp3) is 0.400. The van der Waals surface area contributed by atoms with E-state index in [1.54, 1.807) is 24.3 Å². The summed E-state index contributed by atoms with van der Waals surface area (Å²) in [6, 6.07) is 9.21. The highest BCUT2D eigenvalue weighted by Gasteiger charge is 2.36. The van der Waals surface area contributed by atoms with Crippen molar-refractivity contribution in [2.24, 2.45) is 0 Å². The van der Waals surface area contributed by atoms with E-state index in [1.807, 2.05) is 6.07 Å². The largest absolute Gasteiger partial charge is 0.493 e. The maximum Gasteiger partial charge on any atom is 0.247 e. The Morgan fingerprint density at radius 3 is 2.69 bits per heavy atom. The van der Waals surface area contributed by atoms with Crippen molar-refractivity contribution in [1.82, 2.24) is 10.6 Å². The predicted molar refractivity (Wildman–Crippen MR) is 137 cm³/mol. The van der Waals surface area contributed by atoms with Crippen LogP contribution in [0.5, 0.6) is 11.5 Å². The van der Waals surface area contributed by atoms with Crippen molar-refractivity contribution in [2.75, 3.05) is 26.8 Å². The first-order valence-electron chi connectivity index (χ1n) is 11.3. The summed E-state index contributed by atoms with van der Waals surface area (Å²) >= 11 is 2.06. The number of hydrogen-bond acceptors (Lipinski definition) is 7. The maximum atomic E-state index is 13.5. The van der Waals surface area contributed by atoms with Crippen LogP contribution in [0.1, 0.15) is 17.5 Å². The summed E-state index contributed by atoms with van der Waals surface area (Å²) in [4.78, 5) is 12.7. The molecular weight excluding hydrogens is 570 g/mol. The lowest BCUT2D eigenvalue weighted by Crippen LogP contribution is -2.52. The average Bonchev–Trinajstić information content (AvgIpc) is 2.85. The normalized spacial score (nSPS) is 19.7. The summed E-state index contributed by atoms with van der Waals surface area (Å²) in [5.74, 6) is 0.124. The Hall–Kier alpha value is -2.25. The van der Waals surface area contributed by atoms with Crippen molar-refractivity contribution in [2.45, 2.75) is 37.7 Å². The molecule has 0 heterocycles. The SMILES string of the molecule is COc1cc(CO)cc(I)c1OC1C=C(C(=O)NCCO)CC(NCCc2cccc(F)c2)C1O. The third kappa shape index (κ3) is 7.37. The summed E-state index contributed by atoms with van der Waals surface area (Å²) in [6.07, 6.45) is 0.510. The highest BCUT2D eigenvalue weighted by molar-refractivity contribution is 14.1. The molecule has 8 nitrogen and oxygen atoms in total. The fourth-order valence-corrected chi connectivity index (χ4v) is 4.70. The molecule has 0 spiro atoms. The van der Waals surface area contributed by atoms with E-state index in [2.05, 4.69) is 33.2 Å². The number of benzene rings is 2. The van der Waals surface area contributed by atoms with Crippen LogP contribution in [0, 0.1) is 9.39 Å². The molecule has 3 rings (SSSR count). The van der Waals surface area contributed by atoms with Crippen LogP contribution in [0.25, 0.3) is 0 Å². The lowest BCUT2D eigenvalue weighted by atomic mass is 9.89. The Bertz CT molecular complexity index is 1050. The van der Waals surface area contributed by atoms with Gasteiger partial charge in [0.1, 0.15) is 18.0 Å². The summed E-state index contributed by atoms with van der Waals surface area (Å²) < 4.78 is 25.7. The Balaban J connectivity index is 1.81. The Morgan fingerprint density at radius 2 is 2.00 bits per heavy atom. The molecule has 0 fully saturated rings. The molecule has 0 saturated heterocycles. The zero-order valence-electron chi connectivity index (χ0n) is 19.3. The molecule has 1 aliphatic carbocycles. The van der Waals surface area contributed by atoms with Gasteiger partial charge in [-0.2, -0.15) is 0 Å². The average molecular weight is 600 g/mol. The Kier molecular flexibility index (Phi) is 10.3. The Labute approximate surface area is 217 Å². The standard InChI is InChI=1S/C25H30FIN2O6/c1-34-22-11-16(14-31)10-19(27)24(22)35-21-13-17(25(33)29-7-8-30)12-20(23(21)32)28-6-5-15-3-2-4-18(26)9-15/h2-4,9-11,13,20-21,23,28,30-32H,5-8,12,14H2,1H3,(H,29,33). The number of nitrogens with one attached hydrogen (secondary N) is 2. The summed E-state index contributed by atoms with van der Waals surface area (Å²) in [5.41, 5.74) is 1.88. The van der Waals surface area contributed by atoms with E-state index < -0.39 is 18.2 Å². The van der Waals surface area contributed by atoms with Gasteiger partial charge in [0.15, 0.2) is 11.5 Å². The first-order valence-corrected chi connectivity index (χ1v) is 12.3. The molecule has 2 aromatic carbocycles. The van der Waals surface area contributed by atoms with Gasteiger partial charge in [-0.25, -0.2) is 4.39 Å². The third-order valence-electron chi connectivity index (χ3n) is 5.68. The number of carbonyl (C=O) groups is 1. The van der Waals surface area contributed by atoms with Crippen molar-refractivity contribution in [3.63, 3.8) is 0 Å². The van der Waals surface area contributed by atoms with Crippen molar-refractivity contribution < 1.29 is 34.0 Å². The second kappa shape index (κ2) is 13.2. The molecule has 190 valence electrons. The molecule has 5 N–H and O–H groups in total. The molecule has 1 amide bonds. The molecule has 3 unspecified atom stereocenters. The minimum absolute atomic E-state index is 0.107. The van der Waals surface area contributed by atoms with Gasteiger partial charge in [0.2, 0.25) is 5.91 Å². The second-order valence-corrected chi connectivity index (χ2v) is 9.32. The summed E-state index contributed by atoms with van der Waals surface area (Å²) in [7, 11) is 1.48. The van der Waals surface area contributed by atoms with E-state index >= 15 is 0 Å². The van der Waals surface area contributed by atoms with Gasteiger partial charge >= 0.3 is 0 Å². The van der Waals surface area contributed by atoms with Gasteiger partial charge in [-0.05, 0) is 83.4 Å². The van der Waals surface area contributed by atoms with Gasteiger partial charge in [0, 0.05) is 18.2 Å². The topological polar surface area (TPSA) is 120 Å². The molecular formula is C25H30FIN2O6. The maximum absolute atomic E-state index is 13.5. The number of hydrogen-bond donors (Lipinski definition) is 5. The first kappa shape index (κ1) is 27.3. The van der Waals surface area contributed by atoms with Crippen molar-refractivity contribution >= 4 is 28.5 Å². The minimum atomic E-state index is -0.991. The molecule has 35 heavy (non-hydrogen) atoms. The molecule has 1 aliphatic rings. The molecule has 10 heteroatoms. The lowest BCUT2D eigenvalue weighted by Gasteiger charge is -2.34. The van der Waals surface area contributed by atoms with Crippen LogP contribution < -0.4 is 20.1 Å². The van der Waals surface area contributed by atoms with Gasteiger partial charge < -0.3 is 35.4 Å². The molecule has 2 aromatic rings. The number of aliphatic hydroxyl groups is 3. The highest BCUT2D eigenvalue weighted by Crippen LogP contribution is 2.36. The molecule has 3 atom stereocenters. The van der Waals surface area contributed by atoms with Crippen LogP contribution in [0.15, 0.2) is 48.0 Å². The third-order valence-corrected chi connectivity index (χ3v) is 6.48. The van der Waals surface area contributed by atoms with Gasteiger partial charge in [0.05, 0.1) is 23.9 Å². The monoisotopic (exact) mass is 600 g/mol. The molecule has 0 bridgehead atoms. The number of carbonyl (C=O) groups excluding carboxylic acids is 1. The van der Waals surface area contributed by atoms with Crippen molar-refractivity contribution in [1.29, 1.82) is 0 Å². The van der Waals surface area contributed by atoms with E-state index in [9.17, 15) is 19.4 Å².